The molecule has 0 saturated carbocycles. The molecular formula is C20H22N2O4. The van der Waals surface area contributed by atoms with E-state index in [0.717, 1.165) is 23.2 Å². The van der Waals surface area contributed by atoms with Crippen molar-refractivity contribution in [2.45, 2.75) is 19.3 Å². The smallest absolute Gasteiger partial charge is 0.356 e. The first-order chi connectivity index (χ1) is 12.5. The fourth-order valence-electron chi connectivity index (χ4n) is 3.57. The van der Waals surface area contributed by atoms with Crippen molar-refractivity contribution in [1.82, 2.24) is 8.97 Å². The second-order valence-corrected chi connectivity index (χ2v) is 6.09. The van der Waals surface area contributed by atoms with Gasteiger partial charge in [0.15, 0.2) is 0 Å². The Hall–Kier alpha value is -3.02. The van der Waals surface area contributed by atoms with Crippen molar-refractivity contribution < 1.29 is 19.1 Å². The van der Waals surface area contributed by atoms with Gasteiger partial charge in [-0.25, -0.2) is 9.59 Å². The van der Waals surface area contributed by atoms with E-state index in [1.165, 1.54) is 14.2 Å². The normalized spacial score (nSPS) is 12.2. The van der Waals surface area contributed by atoms with Crippen LogP contribution in [0.5, 0.6) is 0 Å². The molecule has 26 heavy (non-hydrogen) atoms. The average molecular weight is 354 g/mol. The number of hydrogen-bond donors (Lipinski definition) is 0. The maximum atomic E-state index is 12.7. The lowest BCUT2D eigenvalue weighted by Gasteiger charge is -2.17. The van der Waals surface area contributed by atoms with Crippen molar-refractivity contribution in [3.63, 3.8) is 0 Å². The van der Waals surface area contributed by atoms with Gasteiger partial charge in [0.1, 0.15) is 11.3 Å². The number of methoxy groups -OCH3 is 2. The van der Waals surface area contributed by atoms with Gasteiger partial charge in [0.05, 0.1) is 19.8 Å². The van der Waals surface area contributed by atoms with E-state index in [1.807, 2.05) is 48.1 Å². The zero-order valence-electron chi connectivity index (χ0n) is 15.4. The molecule has 1 aromatic carbocycles. The van der Waals surface area contributed by atoms with Crippen LogP contribution in [0, 0.1) is 0 Å². The van der Waals surface area contributed by atoms with E-state index in [9.17, 15) is 9.59 Å². The standard InChI is InChI=1S/C20H22N2O4/c1-5-14(13-9-7-6-8-10-13)15-16(19(23)25-3)17(20(24)26-4)22-12-11-21(2)18(15)22/h6-12,14H,5H2,1-4H3. The van der Waals surface area contributed by atoms with Crippen LogP contribution in [0.2, 0.25) is 0 Å². The summed E-state index contributed by atoms with van der Waals surface area (Å²) in [4.78, 5) is 25.1. The number of carbonyl (C=O) groups is 2. The van der Waals surface area contributed by atoms with Crippen LogP contribution in [0.3, 0.4) is 0 Å². The highest BCUT2D eigenvalue weighted by Gasteiger charge is 2.34. The van der Waals surface area contributed by atoms with Crippen molar-refractivity contribution in [2.24, 2.45) is 7.05 Å². The second kappa shape index (κ2) is 7.07. The second-order valence-electron chi connectivity index (χ2n) is 6.09. The van der Waals surface area contributed by atoms with E-state index in [4.69, 9.17) is 9.47 Å². The Morgan fingerprint density at radius 3 is 2.27 bits per heavy atom. The number of ether oxygens (including phenoxy) is 2. The highest BCUT2D eigenvalue weighted by molar-refractivity contribution is 6.06. The van der Waals surface area contributed by atoms with Crippen molar-refractivity contribution in [2.75, 3.05) is 14.2 Å². The fourth-order valence-corrected chi connectivity index (χ4v) is 3.57. The first kappa shape index (κ1) is 17.8. The van der Waals surface area contributed by atoms with Gasteiger partial charge in [0, 0.05) is 30.9 Å². The predicted octanol–water partition coefficient (Wildman–Crippen LogP) is 3.39. The molecule has 0 fully saturated rings. The molecule has 0 aliphatic heterocycles. The van der Waals surface area contributed by atoms with Crippen molar-refractivity contribution in [3.8, 4) is 0 Å². The molecule has 0 amide bonds. The SMILES string of the molecule is CCC(c1ccccc1)c1c(C(=O)OC)c(C(=O)OC)n2ccn(C)c12. The molecular weight excluding hydrogens is 332 g/mol. The highest BCUT2D eigenvalue weighted by Crippen LogP contribution is 2.37. The molecule has 0 aliphatic rings. The van der Waals surface area contributed by atoms with Gasteiger partial charge in [0.2, 0.25) is 0 Å². The summed E-state index contributed by atoms with van der Waals surface area (Å²) in [7, 11) is 4.51. The minimum atomic E-state index is -0.569. The van der Waals surface area contributed by atoms with Gasteiger partial charge in [-0.3, -0.25) is 4.40 Å². The zero-order chi connectivity index (χ0) is 18.8. The molecule has 0 radical (unpaired) electrons. The lowest BCUT2D eigenvalue weighted by atomic mass is 9.87. The summed E-state index contributed by atoms with van der Waals surface area (Å²) in [5.41, 5.74) is 3.09. The summed E-state index contributed by atoms with van der Waals surface area (Å²) in [5, 5.41) is 0. The van der Waals surface area contributed by atoms with E-state index in [2.05, 4.69) is 6.92 Å². The number of aromatic nitrogens is 2. The van der Waals surface area contributed by atoms with Crippen LogP contribution in [0.1, 0.15) is 51.2 Å². The molecule has 2 aromatic heterocycles. The van der Waals surface area contributed by atoms with Crippen LogP contribution in [-0.2, 0) is 16.5 Å². The van der Waals surface area contributed by atoms with Crippen LogP contribution in [0.15, 0.2) is 42.7 Å². The number of aryl methyl sites for hydroxylation is 1. The van der Waals surface area contributed by atoms with Crippen molar-refractivity contribution >= 4 is 17.6 Å². The minimum absolute atomic E-state index is 0.0627. The Labute approximate surface area is 151 Å². The lowest BCUT2D eigenvalue weighted by molar-refractivity contribution is 0.0549. The van der Waals surface area contributed by atoms with Gasteiger partial charge in [-0.15, -0.1) is 0 Å². The molecule has 6 heteroatoms. The maximum absolute atomic E-state index is 12.7. The molecule has 0 spiro atoms. The highest BCUT2D eigenvalue weighted by atomic mass is 16.5. The number of nitrogens with zero attached hydrogens (tertiary/aromatic N) is 2. The van der Waals surface area contributed by atoms with Gasteiger partial charge >= 0.3 is 11.9 Å². The van der Waals surface area contributed by atoms with Crippen LogP contribution in [0.25, 0.3) is 5.65 Å². The third-order valence-electron chi connectivity index (χ3n) is 4.72. The zero-order valence-corrected chi connectivity index (χ0v) is 15.4. The number of rotatable bonds is 5. The Morgan fingerprint density at radius 2 is 1.69 bits per heavy atom. The first-order valence-corrected chi connectivity index (χ1v) is 8.45. The summed E-state index contributed by atoms with van der Waals surface area (Å²) in [6, 6.07) is 9.94. The third kappa shape index (κ3) is 2.67. The van der Waals surface area contributed by atoms with E-state index in [0.29, 0.717) is 0 Å². The molecule has 0 saturated heterocycles. The molecule has 0 aliphatic carbocycles. The van der Waals surface area contributed by atoms with Gasteiger partial charge in [-0.05, 0) is 12.0 Å². The number of esters is 2. The van der Waals surface area contributed by atoms with Crippen LogP contribution < -0.4 is 0 Å². The maximum Gasteiger partial charge on any atom is 0.356 e. The largest absolute Gasteiger partial charge is 0.465 e. The molecule has 0 bridgehead atoms. The molecule has 6 nitrogen and oxygen atoms in total. The van der Waals surface area contributed by atoms with Crippen LogP contribution >= 0.6 is 0 Å². The van der Waals surface area contributed by atoms with Gasteiger partial charge in [-0.2, -0.15) is 0 Å². The number of fused-ring (bicyclic) bond motifs is 1. The summed E-state index contributed by atoms with van der Waals surface area (Å²) in [5.74, 6) is -1.17. The van der Waals surface area contributed by atoms with Gasteiger partial charge in [0.25, 0.3) is 0 Å². The van der Waals surface area contributed by atoms with Crippen molar-refractivity contribution in [1.29, 1.82) is 0 Å². The lowest BCUT2D eigenvalue weighted by Crippen LogP contribution is -2.15. The Morgan fingerprint density at radius 1 is 1.04 bits per heavy atom. The van der Waals surface area contributed by atoms with Gasteiger partial charge < -0.3 is 14.0 Å². The number of benzene rings is 1. The van der Waals surface area contributed by atoms with E-state index in [1.54, 1.807) is 10.6 Å². The molecule has 136 valence electrons. The molecule has 2 heterocycles. The number of imidazole rings is 1. The average Bonchev–Trinajstić information content (AvgIpc) is 3.20. The number of carbonyl (C=O) groups excluding carboxylic acids is 2. The summed E-state index contributed by atoms with van der Waals surface area (Å²) in [6.07, 6.45) is 4.37. The van der Waals surface area contributed by atoms with E-state index >= 15 is 0 Å². The summed E-state index contributed by atoms with van der Waals surface area (Å²) in [6.45, 7) is 2.06. The Bertz CT molecular complexity index is 953. The minimum Gasteiger partial charge on any atom is -0.465 e. The summed E-state index contributed by atoms with van der Waals surface area (Å²) >= 11 is 0. The van der Waals surface area contributed by atoms with Crippen LogP contribution in [-0.4, -0.2) is 35.1 Å². The molecule has 0 N–H and O–H groups in total. The third-order valence-corrected chi connectivity index (χ3v) is 4.72. The quantitative estimate of drug-likeness (QED) is 0.659. The van der Waals surface area contributed by atoms with Crippen molar-refractivity contribution in [3.05, 3.63) is 65.1 Å². The molecule has 3 rings (SSSR count). The van der Waals surface area contributed by atoms with E-state index in [-0.39, 0.29) is 17.2 Å². The van der Waals surface area contributed by atoms with E-state index < -0.39 is 11.9 Å². The monoisotopic (exact) mass is 354 g/mol. The molecule has 3 aromatic rings. The first-order valence-electron chi connectivity index (χ1n) is 8.45. The molecule has 1 atom stereocenters. The topological polar surface area (TPSA) is 61.9 Å². The van der Waals surface area contributed by atoms with Gasteiger partial charge in [-0.1, -0.05) is 37.3 Å². The Balaban J connectivity index is 2.41. The number of hydrogen-bond acceptors (Lipinski definition) is 4. The molecule has 1 unspecified atom stereocenters. The fraction of sp³-hybridized carbons (Fsp3) is 0.300. The Kier molecular flexibility index (Phi) is 4.84. The predicted molar refractivity (Wildman–Crippen MR) is 97.6 cm³/mol. The van der Waals surface area contributed by atoms with Crippen LogP contribution in [0.4, 0.5) is 0 Å². The summed E-state index contributed by atoms with van der Waals surface area (Å²) < 4.78 is 13.6.